The van der Waals surface area contributed by atoms with Crippen molar-refractivity contribution in [2.45, 2.75) is 43.1 Å². The normalized spacial score (nSPS) is 16.4. The van der Waals surface area contributed by atoms with Crippen LogP contribution in [0.15, 0.2) is 115 Å². The number of hydrogen-bond donors (Lipinski definition) is 0. The zero-order chi connectivity index (χ0) is 25.6. The molecule has 1 unspecified atom stereocenters. The number of halogens is 1. The summed E-state index contributed by atoms with van der Waals surface area (Å²) >= 11 is 0. The Labute approximate surface area is 234 Å². The summed E-state index contributed by atoms with van der Waals surface area (Å²) in [5.74, 6) is 0. The van der Waals surface area contributed by atoms with Crippen LogP contribution in [0.2, 0.25) is 0 Å². The molecule has 0 radical (unpaired) electrons. The molecule has 0 N–H and O–H groups in total. The molecule has 1 atom stereocenters. The van der Waals surface area contributed by atoms with Crippen LogP contribution in [0.25, 0.3) is 0 Å². The van der Waals surface area contributed by atoms with Gasteiger partial charge in [-0.1, -0.05) is 97.1 Å². The van der Waals surface area contributed by atoms with Crippen molar-refractivity contribution in [1.82, 2.24) is 9.88 Å². The van der Waals surface area contributed by atoms with Crippen molar-refractivity contribution < 1.29 is 4.74 Å². The highest BCUT2D eigenvalue weighted by molar-refractivity contribution is 5.85. The smallest absolute Gasteiger partial charge is 0.0640 e. The van der Waals surface area contributed by atoms with Gasteiger partial charge in [0, 0.05) is 18.7 Å². The summed E-state index contributed by atoms with van der Waals surface area (Å²) in [6.45, 7) is 5.36. The van der Waals surface area contributed by atoms with E-state index in [1.54, 1.807) is 0 Å². The van der Waals surface area contributed by atoms with Crippen molar-refractivity contribution in [3.05, 3.63) is 138 Å². The van der Waals surface area contributed by atoms with Crippen LogP contribution in [0.5, 0.6) is 0 Å². The van der Waals surface area contributed by atoms with Gasteiger partial charge in [-0.3, -0.25) is 4.98 Å². The largest absolute Gasteiger partial charge is 0.381 e. The Morgan fingerprint density at radius 3 is 1.82 bits per heavy atom. The minimum Gasteiger partial charge on any atom is -0.381 e. The summed E-state index contributed by atoms with van der Waals surface area (Å²) in [7, 11) is 1.85. The molecule has 1 aliphatic rings. The Bertz CT molecular complexity index is 1130. The standard InChI is InChI=1S/C34H38N2O.ClH/c1-28(37-2)33(29-14-6-3-7-15-29)21-25-36(26-22-33)27-23-34(30-16-8-4-9-17-30,31-18-10-5-11-19-31)32-20-12-13-24-35-32;/h3-20,24,28H,21-23,25-27H2,1-2H3;1H. The molecule has 0 bridgehead atoms. The molecule has 0 saturated carbocycles. The molecule has 198 valence electrons. The Kier molecular flexibility index (Phi) is 9.38. The average Bonchev–Trinajstić information content (AvgIpc) is 2.99. The molecule has 3 aromatic carbocycles. The van der Waals surface area contributed by atoms with E-state index in [1.807, 2.05) is 19.4 Å². The first-order chi connectivity index (χ1) is 18.2. The molecule has 5 rings (SSSR count). The first-order valence-corrected chi connectivity index (χ1v) is 13.5. The summed E-state index contributed by atoms with van der Waals surface area (Å²) in [6, 6.07) is 39.1. The molecule has 0 amide bonds. The van der Waals surface area contributed by atoms with Gasteiger partial charge in [0.05, 0.1) is 17.2 Å². The van der Waals surface area contributed by atoms with Crippen LogP contribution >= 0.6 is 12.4 Å². The van der Waals surface area contributed by atoms with Crippen LogP contribution in [0.4, 0.5) is 0 Å². The average molecular weight is 527 g/mol. The minimum atomic E-state index is -0.308. The number of ether oxygens (including phenoxy) is 1. The highest BCUT2D eigenvalue weighted by atomic mass is 35.5. The van der Waals surface area contributed by atoms with Gasteiger partial charge in [-0.05, 0) is 74.6 Å². The Morgan fingerprint density at radius 2 is 1.32 bits per heavy atom. The van der Waals surface area contributed by atoms with Crippen LogP contribution in [-0.4, -0.2) is 42.7 Å². The van der Waals surface area contributed by atoms with Gasteiger partial charge in [0.15, 0.2) is 0 Å². The van der Waals surface area contributed by atoms with Gasteiger partial charge in [0.2, 0.25) is 0 Å². The maximum atomic E-state index is 5.94. The number of aromatic nitrogens is 1. The summed E-state index contributed by atoms with van der Waals surface area (Å²) in [5, 5.41) is 0. The topological polar surface area (TPSA) is 25.4 Å². The SMILES string of the molecule is COC(C)C1(c2ccccc2)CCN(CCC(c2ccccc2)(c2ccccc2)c2ccccn2)CC1.Cl. The van der Waals surface area contributed by atoms with Crippen LogP contribution in [0.1, 0.15) is 48.6 Å². The molecule has 1 saturated heterocycles. The summed E-state index contributed by atoms with van der Waals surface area (Å²) < 4.78 is 5.94. The van der Waals surface area contributed by atoms with Crippen LogP contribution in [0.3, 0.4) is 0 Å². The fraction of sp³-hybridized carbons (Fsp3) is 0.324. The maximum absolute atomic E-state index is 5.94. The van der Waals surface area contributed by atoms with E-state index in [4.69, 9.17) is 9.72 Å². The van der Waals surface area contributed by atoms with E-state index >= 15 is 0 Å². The van der Waals surface area contributed by atoms with Gasteiger partial charge >= 0.3 is 0 Å². The molecule has 38 heavy (non-hydrogen) atoms. The van der Waals surface area contributed by atoms with Gasteiger partial charge in [-0.25, -0.2) is 0 Å². The van der Waals surface area contributed by atoms with Crippen molar-refractivity contribution in [2.24, 2.45) is 0 Å². The molecule has 1 aliphatic heterocycles. The third kappa shape index (κ3) is 5.42. The number of methoxy groups -OCH3 is 1. The van der Waals surface area contributed by atoms with Crippen molar-refractivity contribution in [2.75, 3.05) is 26.7 Å². The monoisotopic (exact) mass is 526 g/mol. The number of benzene rings is 3. The van der Waals surface area contributed by atoms with Gasteiger partial charge in [-0.15, -0.1) is 12.4 Å². The van der Waals surface area contributed by atoms with E-state index in [0.717, 1.165) is 44.6 Å². The summed E-state index contributed by atoms with van der Waals surface area (Å²) in [4.78, 5) is 7.58. The zero-order valence-electron chi connectivity index (χ0n) is 22.5. The lowest BCUT2D eigenvalue weighted by atomic mass is 9.68. The molecule has 0 spiro atoms. The number of hydrogen-bond acceptors (Lipinski definition) is 3. The van der Waals surface area contributed by atoms with E-state index in [0.29, 0.717) is 0 Å². The second-order valence-corrected chi connectivity index (χ2v) is 10.3. The Hall–Kier alpha value is -2.98. The second kappa shape index (κ2) is 12.7. The van der Waals surface area contributed by atoms with E-state index in [1.165, 1.54) is 16.7 Å². The van der Waals surface area contributed by atoms with Crippen molar-refractivity contribution in [3.63, 3.8) is 0 Å². The molecular weight excluding hydrogens is 488 g/mol. The summed E-state index contributed by atoms with van der Waals surface area (Å²) in [5.41, 5.74) is 4.85. The van der Waals surface area contributed by atoms with Crippen molar-refractivity contribution in [3.8, 4) is 0 Å². The van der Waals surface area contributed by atoms with Gasteiger partial charge < -0.3 is 9.64 Å². The fourth-order valence-electron chi connectivity index (χ4n) is 6.37. The van der Waals surface area contributed by atoms with Crippen LogP contribution < -0.4 is 0 Å². The molecule has 3 nitrogen and oxygen atoms in total. The van der Waals surface area contributed by atoms with E-state index < -0.39 is 0 Å². The molecule has 0 aliphatic carbocycles. The first kappa shape index (κ1) is 28.0. The predicted octanol–water partition coefficient (Wildman–Crippen LogP) is 7.30. The van der Waals surface area contributed by atoms with E-state index in [2.05, 4.69) is 115 Å². The van der Waals surface area contributed by atoms with Gasteiger partial charge in [0.25, 0.3) is 0 Å². The van der Waals surface area contributed by atoms with Gasteiger partial charge in [0.1, 0.15) is 0 Å². The lowest BCUT2D eigenvalue weighted by molar-refractivity contribution is 0.00807. The molecule has 4 aromatic rings. The number of nitrogens with zero attached hydrogens (tertiary/aromatic N) is 2. The lowest BCUT2D eigenvalue weighted by Crippen LogP contribution is -2.49. The molecule has 4 heteroatoms. The summed E-state index contributed by atoms with van der Waals surface area (Å²) in [6.07, 6.45) is 5.27. The third-order valence-corrected chi connectivity index (χ3v) is 8.67. The predicted molar refractivity (Wildman–Crippen MR) is 159 cm³/mol. The second-order valence-electron chi connectivity index (χ2n) is 10.3. The molecular formula is C34H39ClN2O. The number of piperidine rings is 1. The Balaban J connectivity index is 0.00000336. The third-order valence-electron chi connectivity index (χ3n) is 8.67. The molecule has 1 aromatic heterocycles. The first-order valence-electron chi connectivity index (χ1n) is 13.5. The van der Waals surface area contributed by atoms with E-state index in [9.17, 15) is 0 Å². The number of likely N-dealkylation sites (tertiary alicyclic amines) is 1. The van der Waals surface area contributed by atoms with Crippen LogP contribution in [0, 0.1) is 0 Å². The molecule has 2 heterocycles. The quantitative estimate of drug-likeness (QED) is 0.229. The zero-order valence-corrected chi connectivity index (χ0v) is 23.3. The van der Waals surface area contributed by atoms with Crippen molar-refractivity contribution in [1.29, 1.82) is 0 Å². The van der Waals surface area contributed by atoms with Crippen LogP contribution in [-0.2, 0) is 15.6 Å². The maximum Gasteiger partial charge on any atom is 0.0640 e. The minimum absolute atomic E-state index is 0. The van der Waals surface area contributed by atoms with Crippen molar-refractivity contribution >= 4 is 12.4 Å². The fourth-order valence-corrected chi connectivity index (χ4v) is 6.37. The Morgan fingerprint density at radius 1 is 0.789 bits per heavy atom. The molecule has 1 fully saturated rings. The lowest BCUT2D eigenvalue weighted by Gasteiger charge is -2.46. The van der Waals surface area contributed by atoms with E-state index in [-0.39, 0.29) is 29.3 Å². The van der Waals surface area contributed by atoms with Gasteiger partial charge in [-0.2, -0.15) is 0 Å². The highest BCUT2D eigenvalue weighted by Gasteiger charge is 2.42. The number of rotatable bonds is 9. The number of pyridine rings is 1. The highest BCUT2D eigenvalue weighted by Crippen LogP contribution is 2.43.